The molecule has 0 unspecified atom stereocenters. The second kappa shape index (κ2) is 11.4. The molecule has 0 saturated heterocycles. The number of hydrogen-bond donors (Lipinski definition) is 2. The topological polar surface area (TPSA) is 90.0 Å². The fourth-order valence-electron chi connectivity index (χ4n) is 5.38. The SMILES string of the molecule is C=CCc1ccc2c(c1)OCC(C)(C)N([C@H](C)Cc1cc(C(N)=O)c3c(ccn3CCCO)c1)CCO2. The van der Waals surface area contributed by atoms with E-state index >= 15 is 0 Å². The van der Waals surface area contributed by atoms with Crippen LogP contribution in [0.4, 0.5) is 0 Å². The quantitative estimate of drug-likeness (QED) is 0.423. The van der Waals surface area contributed by atoms with Crippen molar-refractivity contribution in [1.29, 1.82) is 0 Å². The van der Waals surface area contributed by atoms with Crippen molar-refractivity contribution in [2.24, 2.45) is 5.73 Å². The molecule has 1 aromatic heterocycles. The average Bonchev–Trinajstić information content (AvgIpc) is 3.28. The summed E-state index contributed by atoms with van der Waals surface area (Å²) in [4.78, 5) is 14.8. The van der Waals surface area contributed by atoms with Crippen LogP contribution < -0.4 is 15.2 Å². The van der Waals surface area contributed by atoms with Crippen LogP contribution in [0.5, 0.6) is 11.5 Å². The lowest BCUT2D eigenvalue weighted by Gasteiger charge is -2.41. The zero-order valence-electron chi connectivity index (χ0n) is 22.2. The van der Waals surface area contributed by atoms with Gasteiger partial charge < -0.3 is 24.9 Å². The van der Waals surface area contributed by atoms with Crippen LogP contribution in [0.3, 0.4) is 0 Å². The number of fused-ring (bicyclic) bond motifs is 2. The van der Waals surface area contributed by atoms with Crippen LogP contribution in [0.1, 0.15) is 48.7 Å². The van der Waals surface area contributed by atoms with E-state index in [1.165, 1.54) is 0 Å². The Hall–Kier alpha value is -3.29. The Morgan fingerprint density at radius 3 is 2.73 bits per heavy atom. The third-order valence-electron chi connectivity index (χ3n) is 7.14. The molecular formula is C30H39N3O4. The molecule has 0 radical (unpaired) electrons. The van der Waals surface area contributed by atoms with Crippen molar-refractivity contribution in [2.45, 2.75) is 58.2 Å². The van der Waals surface area contributed by atoms with E-state index in [0.717, 1.165) is 52.9 Å². The standard InChI is InChI=1S/C30H39N3O4/c1-5-7-22-8-9-26-27(19-22)37-20-30(3,4)33(13-15-36-26)21(2)16-23-17-24-10-12-32(11-6-14-34)28(24)25(18-23)29(31)35/h5,8-10,12,17-19,21,34H,1,6-7,11,13-16,20H2,2-4H3,(H2,31,35)/t21-/m1/s1. The highest BCUT2D eigenvalue weighted by atomic mass is 16.5. The lowest BCUT2D eigenvalue weighted by atomic mass is 9.96. The smallest absolute Gasteiger partial charge is 0.250 e. The number of nitrogens with zero attached hydrogens (tertiary/aromatic N) is 2. The molecule has 1 atom stereocenters. The number of hydrogen-bond acceptors (Lipinski definition) is 5. The van der Waals surface area contributed by atoms with Gasteiger partial charge in [-0.05, 0) is 81.5 Å². The highest BCUT2D eigenvalue weighted by Gasteiger charge is 2.33. The summed E-state index contributed by atoms with van der Waals surface area (Å²) < 4.78 is 14.4. The molecule has 3 aromatic rings. The number of aromatic nitrogens is 1. The number of ether oxygens (including phenoxy) is 2. The van der Waals surface area contributed by atoms with Gasteiger partial charge in [0.25, 0.3) is 5.91 Å². The summed E-state index contributed by atoms with van der Waals surface area (Å²) in [7, 11) is 0. The van der Waals surface area contributed by atoms with Gasteiger partial charge >= 0.3 is 0 Å². The normalized spacial score (nSPS) is 16.5. The molecular weight excluding hydrogens is 466 g/mol. The van der Waals surface area contributed by atoms with Crippen molar-refractivity contribution < 1.29 is 19.4 Å². The Morgan fingerprint density at radius 2 is 2.00 bits per heavy atom. The number of rotatable bonds is 9. The van der Waals surface area contributed by atoms with Gasteiger partial charge in [0, 0.05) is 42.9 Å². The van der Waals surface area contributed by atoms with Crippen LogP contribution in [0.25, 0.3) is 10.9 Å². The summed E-state index contributed by atoms with van der Waals surface area (Å²) in [6.45, 7) is 13.0. The number of nitrogens with two attached hydrogens (primary N) is 1. The Bertz CT molecular complexity index is 1260. The van der Waals surface area contributed by atoms with Crippen LogP contribution in [0, 0.1) is 0 Å². The van der Waals surface area contributed by atoms with E-state index < -0.39 is 5.91 Å². The number of aliphatic hydroxyl groups is 1. The predicted octanol–water partition coefficient (Wildman–Crippen LogP) is 4.33. The summed E-state index contributed by atoms with van der Waals surface area (Å²) in [5.41, 5.74) is 9.10. The summed E-state index contributed by atoms with van der Waals surface area (Å²) in [6.07, 6.45) is 5.99. The second-order valence-electron chi connectivity index (χ2n) is 10.5. The number of amides is 1. The van der Waals surface area contributed by atoms with E-state index in [-0.39, 0.29) is 18.2 Å². The predicted molar refractivity (Wildman–Crippen MR) is 147 cm³/mol. The van der Waals surface area contributed by atoms with Gasteiger partial charge in [0.2, 0.25) is 0 Å². The van der Waals surface area contributed by atoms with Crippen molar-refractivity contribution in [1.82, 2.24) is 9.47 Å². The molecule has 1 aliphatic rings. The van der Waals surface area contributed by atoms with Crippen LogP contribution in [0.2, 0.25) is 0 Å². The highest BCUT2D eigenvalue weighted by Crippen LogP contribution is 2.33. The maximum atomic E-state index is 12.4. The number of aliphatic hydroxyl groups excluding tert-OH is 1. The first-order valence-corrected chi connectivity index (χ1v) is 13.0. The Balaban J connectivity index is 1.56. The number of primary amides is 1. The molecule has 2 aromatic carbocycles. The van der Waals surface area contributed by atoms with Crippen molar-refractivity contribution in [3.63, 3.8) is 0 Å². The molecule has 37 heavy (non-hydrogen) atoms. The second-order valence-corrected chi connectivity index (χ2v) is 10.5. The molecule has 0 fully saturated rings. The van der Waals surface area contributed by atoms with Crippen LogP contribution >= 0.6 is 0 Å². The van der Waals surface area contributed by atoms with E-state index in [1.54, 1.807) is 0 Å². The molecule has 0 spiro atoms. The van der Waals surface area contributed by atoms with Crippen molar-refractivity contribution >= 4 is 16.8 Å². The van der Waals surface area contributed by atoms with Gasteiger partial charge in [0.05, 0.1) is 11.1 Å². The summed E-state index contributed by atoms with van der Waals surface area (Å²) >= 11 is 0. The fourth-order valence-corrected chi connectivity index (χ4v) is 5.38. The zero-order valence-corrected chi connectivity index (χ0v) is 22.2. The van der Waals surface area contributed by atoms with Crippen LogP contribution in [-0.4, -0.2) is 58.4 Å². The molecule has 0 saturated carbocycles. The van der Waals surface area contributed by atoms with Crippen molar-refractivity contribution in [3.05, 3.63) is 71.9 Å². The third kappa shape index (κ3) is 6.00. The summed E-state index contributed by atoms with van der Waals surface area (Å²) in [6, 6.07) is 12.3. The average molecular weight is 506 g/mol. The van der Waals surface area contributed by atoms with Crippen LogP contribution in [0.15, 0.2) is 55.3 Å². The molecule has 0 aliphatic carbocycles. The maximum absolute atomic E-state index is 12.4. The first kappa shape index (κ1) is 26.8. The first-order chi connectivity index (χ1) is 17.7. The van der Waals surface area contributed by atoms with Gasteiger partial charge in [-0.3, -0.25) is 9.69 Å². The fraction of sp³-hybridized carbons (Fsp3) is 0.433. The minimum Gasteiger partial charge on any atom is -0.488 e. The number of benzene rings is 2. The van der Waals surface area contributed by atoms with E-state index in [1.807, 2.05) is 41.1 Å². The molecule has 198 valence electrons. The maximum Gasteiger partial charge on any atom is 0.250 e. The number of allylic oxidation sites excluding steroid dienone is 1. The largest absolute Gasteiger partial charge is 0.488 e. The molecule has 3 N–H and O–H groups in total. The minimum absolute atomic E-state index is 0.0985. The summed E-state index contributed by atoms with van der Waals surface area (Å²) in [5, 5.41) is 10.2. The molecule has 2 heterocycles. The Labute approximate surface area is 219 Å². The Morgan fingerprint density at radius 1 is 1.19 bits per heavy atom. The third-order valence-corrected chi connectivity index (χ3v) is 7.14. The van der Waals surface area contributed by atoms with E-state index in [4.69, 9.17) is 15.2 Å². The first-order valence-electron chi connectivity index (χ1n) is 13.0. The van der Waals surface area contributed by atoms with Gasteiger partial charge in [0.1, 0.15) is 13.2 Å². The molecule has 7 heteroatoms. The molecule has 7 nitrogen and oxygen atoms in total. The molecule has 1 amide bonds. The van der Waals surface area contributed by atoms with Crippen molar-refractivity contribution in [3.8, 4) is 11.5 Å². The Kier molecular flexibility index (Phi) is 8.25. The number of carbonyl (C=O) groups excluding carboxylic acids is 1. The van der Waals surface area contributed by atoms with E-state index in [0.29, 0.717) is 31.7 Å². The van der Waals surface area contributed by atoms with Gasteiger partial charge in [0.15, 0.2) is 11.5 Å². The highest BCUT2D eigenvalue weighted by molar-refractivity contribution is 6.05. The van der Waals surface area contributed by atoms with Crippen molar-refractivity contribution in [2.75, 3.05) is 26.4 Å². The van der Waals surface area contributed by atoms with Gasteiger partial charge in [-0.15, -0.1) is 6.58 Å². The van der Waals surface area contributed by atoms with Gasteiger partial charge in [-0.2, -0.15) is 0 Å². The van der Waals surface area contributed by atoms with E-state index in [9.17, 15) is 9.90 Å². The zero-order chi connectivity index (χ0) is 26.6. The molecule has 1 aliphatic heterocycles. The number of aryl methyl sites for hydroxylation is 1. The molecule has 0 bridgehead atoms. The van der Waals surface area contributed by atoms with Gasteiger partial charge in [-0.1, -0.05) is 12.1 Å². The van der Waals surface area contributed by atoms with Gasteiger partial charge in [-0.25, -0.2) is 0 Å². The van der Waals surface area contributed by atoms with E-state index in [2.05, 4.69) is 44.4 Å². The summed E-state index contributed by atoms with van der Waals surface area (Å²) in [5.74, 6) is 1.09. The monoisotopic (exact) mass is 505 g/mol. The lowest BCUT2D eigenvalue weighted by molar-refractivity contribution is 0.0332. The number of carbonyl (C=O) groups is 1. The van der Waals surface area contributed by atoms with Crippen LogP contribution in [-0.2, 0) is 19.4 Å². The molecule has 4 rings (SSSR count). The lowest BCUT2D eigenvalue weighted by Crippen LogP contribution is -2.54. The minimum atomic E-state index is -0.443.